The van der Waals surface area contributed by atoms with Crippen LogP contribution in [0.4, 0.5) is 11.4 Å². The molecule has 2 rings (SSSR count). The zero-order valence-electron chi connectivity index (χ0n) is 14.7. The molecule has 0 amide bonds. The van der Waals surface area contributed by atoms with E-state index >= 15 is 0 Å². The first-order valence-corrected chi connectivity index (χ1v) is 8.00. The molecule has 0 radical (unpaired) electrons. The van der Waals surface area contributed by atoms with Crippen LogP contribution in [-0.2, 0) is 4.74 Å². The van der Waals surface area contributed by atoms with Crippen LogP contribution in [-0.4, -0.2) is 35.7 Å². The SMILES string of the molecule is CC(C)(O)C(=O)c1ccc(OCCOC(=O)c2cc(N)cc(N)c2)cc1. The maximum atomic E-state index is 11.9. The minimum absolute atomic E-state index is 0.0396. The van der Waals surface area contributed by atoms with Crippen molar-refractivity contribution >= 4 is 23.1 Å². The van der Waals surface area contributed by atoms with Crippen molar-refractivity contribution in [1.29, 1.82) is 0 Å². The molecule has 2 aromatic rings. The summed E-state index contributed by atoms with van der Waals surface area (Å²) in [6, 6.07) is 10.9. The van der Waals surface area contributed by atoms with Gasteiger partial charge in [-0.1, -0.05) is 0 Å². The third-order valence-electron chi connectivity index (χ3n) is 3.47. The van der Waals surface area contributed by atoms with Crippen molar-refractivity contribution in [2.24, 2.45) is 0 Å². The number of nitrogen functional groups attached to an aromatic ring is 2. The molecule has 0 aliphatic carbocycles. The van der Waals surface area contributed by atoms with Crippen molar-refractivity contribution in [2.75, 3.05) is 24.7 Å². The first-order chi connectivity index (χ1) is 12.2. The number of hydrogen-bond donors (Lipinski definition) is 3. The van der Waals surface area contributed by atoms with Gasteiger partial charge in [0.2, 0.25) is 0 Å². The lowest BCUT2D eigenvalue weighted by atomic mass is 9.97. The topological polar surface area (TPSA) is 125 Å². The highest BCUT2D eigenvalue weighted by Crippen LogP contribution is 2.17. The smallest absolute Gasteiger partial charge is 0.338 e. The van der Waals surface area contributed by atoms with Crippen molar-refractivity contribution in [3.63, 3.8) is 0 Å². The summed E-state index contributed by atoms with van der Waals surface area (Å²) in [7, 11) is 0. The quantitative estimate of drug-likeness (QED) is 0.299. The molecule has 0 saturated heterocycles. The molecule has 0 bridgehead atoms. The fourth-order valence-electron chi connectivity index (χ4n) is 2.23. The number of aliphatic hydroxyl groups is 1. The van der Waals surface area contributed by atoms with Crippen LogP contribution in [0.25, 0.3) is 0 Å². The standard InChI is InChI=1S/C19H22N2O5/c1-19(2,24)17(22)12-3-5-16(6-4-12)25-7-8-26-18(23)13-9-14(20)11-15(21)10-13/h3-6,9-11,24H,7-8,20-21H2,1-2H3. The molecule has 7 nitrogen and oxygen atoms in total. The van der Waals surface area contributed by atoms with Crippen molar-refractivity contribution in [3.8, 4) is 5.75 Å². The second-order valence-corrected chi connectivity index (χ2v) is 6.29. The van der Waals surface area contributed by atoms with Crippen LogP contribution in [0, 0.1) is 0 Å². The Morgan fingerprint density at radius 3 is 2.08 bits per heavy atom. The van der Waals surface area contributed by atoms with E-state index in [4.69, 9.17) is 20.9 Å². The van der Waals surface area contributed by atoms with E-state index in [-0.39, 0.29) is 24.6 Å². The Labute approximate surface area is 151 Å². The number of Topliss-reactive ketones (excluding diaryl/α,β-unsaturated/α-hetero) is 1. The molecule has 2 aromatic carbocycles. The number of carbonyl (C=O) groups is 2. The van der Waals surface area contributed by atoms with Gasteiger partial charge in [0.1, 0.15) is 24.6 Å². The van der Waals surface area contributed by atoms with E-state index in [9.17, 15) is 14.7 Å². The second kappa shape index (κ2) is 7.88. The summed E-state index contributed by atoms with van der Waals surface area (Å²) < 4.78 is 10.6. The number of ketones is 1. The van der Waals surface area contributed by atoms with Crippen LogP contribution in [0.5, 0.6) is 5.75 Å². The fraction of sp³-hybridized carbons (Fsp3) is 0.263. The van der Waals surface area contributed by atoms with Gasteiger partial charge in [0.25, 0.3) is 0 Å². The van der Waals surface area contributed by atoms with Crippen molar-refractivity contribution in [3.05, 3.63) is 53.6 Å². The van der Waals surface area contributed by atoms with Gasteiger partial charge in [-0.05, 0) is 56.3 Å². The van der Waals surface area contributed by atoms with Gasteiger partial charge in [0.05, 0.1) is 5.56 Å². The first-order valence-electron chi connectivity index (χ1n) is 8.00. The summed E-state index contributed by atoms with van der Waals surface area (Å²) in [4.78, 5) is 23.9. The molecule has 0 spiro atoms. The highest BCUT2D eigenvalue weighted by molar-refractivity contribution is 6.01. The van der Waals surface area contributed by atoms with Crippen LogP contribution >= 0.6 is 0 Å². The minimum atomic E-state index is -1.43. The van der Waals surface area contributed by atoms with E-state index in [0.717, 1.165) is 0 Å². The summed E-state index contributed by atoms with van der Waals surface area (Å²) in [5.74, 6) is -0.403. The number of nitrogens with two attached hydrogens (primary N) is 2. The third kappa shape index (κ3) is 5.22. The predicted molar refractivity (Wildman–Crippen MR) is 98.1 cm³/mol. The maximum Gasteiger partial charge on any atom is 0.338 e. The molecule has 0 aromatic heterocycles. The molecule has 7 heteroatoms. The Kier molecular flexibility index (Phi) is 5.84. The zero-order valence-corrected chi connectivity index (χ0v) is 14.7. The third-order valence-corrected chi connectivity index (χ3v) is 3.47. The van der Waals surface area contributed by atoms with Crippen LogP contribution in [0.15, 0.2) is 42.5 Å². The van der Waals surface area contributed by atoms with E-state index in [1.165, 1.54) is 26.0 Å². The van der Waals surface area contributed by atoms with Gasteiger partial charge in [0, 0.05) is 16.9 Å². The lowest BCUT2D eigenvalue weighted by Gasteiger charge is -2.15. The number of anilines is 2. The van der Waals surface area contributed by atoms with Gasteiger partial charge in [-0.15, -0.1) is 0 Å². The Morgan fingerprint density at radius 1 is 0.962 bits per heavy atom. The van der Waals surface area contributed by atoms with Gasteiger partial charge in [-0.2, -0.15) is 0 Å². The lowest BCUT2D eigenvalue weighted by molar-refractivity contribution is 0.0450. The molecule has 0 aliphatic rings. The van der Waals surface area contributed by atoms with Crippen LogP contribution < -0.4 is 16.2 Å². The Bertz CT molecular complexity index is 774. The van der Waals surface area contributed by atoms with Crippen molar-refractivity contribution in [2.45, 2.75) is 19.4 Å². The van der Waals surface area contributed by atoms with Gasteiger partial charge in [0.15, 0.2) is 5.78 Å². The highest BCUT2D eigenvalue weighted by Gasteiger charge is 2.24. The molecule has 26 heavy (non-hydrogen) atoms. The Balaban J connectivity index is 1.83. The normalized spacial score (nSPS) is 11.0. The summed E-state index contributed by atoms with van der Waals surface area (Å²) in [6.07, 6.45) is 0. The van der Waals surface area contributed by atoms with E-state index in [2.05, 4.69) is 0 Å². The molecule has 0 saturated carbocycles. The molecule has 138 valence electrons. The number of hydrogen-bond acceptors (Lipinski definition) is 7. The average Bonchev–Trinajstić information content (AvgIpc) is 2.56. The molecule has 0 fully saturated rings. The van der Waals surface area contributed by atoms with Crippen molar-refractivity contribution < 1.29 is 24.2 Å². The van der Waals surface area contributed by atoms with E-state index in [0.29, 0.717) is 22.7 Å². The number of rotatable bonds is 7. The number of carbonyl (C=O) groups excluding carboxylic acids is 2. The molecule has 5 N–H and O–H groups in total. The zero-order chi connectivity index (χ0) is 19.3. The van der Waals surface area contributed by atoms with E-state index in [1.54, 1.807) is 30.3 Å². The Morgan fingerprint density at radius 2 is 1.54 bits per heavy atom. The molecule has 0 aliphatic heterocycles. The molecular formula is C19H22N2O5. The minimum Gasteiger partial charge on any atom is -0.490 e. The van der Waals surface area contributed by atoms with Gasteiger partial charge in [-0.3, -0.25) is 4.79 Å². The summed E-state index contributed by atoms with van der Waals surface area (Å²) >= 11 is 0. The number of benzene rings is 2. The lowest BCUT2D eigenvalue weighted by Crippen LogP contribution is -2.30. The summed E-state index contributed by atoms with van der Waals surface area (Å²) in [5, 5.41) is 9.72. The van der Waals surface area contributed by atoms with Gasteiger partial charge >= 0.3 is 5.97 Å². The van der Waals surface area contributed by atoms with Crippen LogP contribution in [0.2, 0.25) is 0 Å². The molecule has 0 unspecified atom stereocenters. The molecule has 0 atom stereocenters. The average molecular weight is 358 g/mol. The van der Waals surface area contributed by atoms with Gasteiger partial charge in [-0.25, -0.2) is 4.79 Å². The summed E-state index contributed by atoms with van der Waals surface area (Å²) in [6.45, 7) is 3.05. The van der Waals surface area contributed by atoms with Crippen LogP contribution in [0.3, 0.4) is 0 Å². The second-order valence-electron chi connectivity index (χ2n) is 6.29. The van der Waals surface area contributed by atoms with E-state index in [1.807, 2.05) is 0 Å². The largest absolute Gasteiger partial charge is 0.490 e. The predicted octanol–water partition coefficient (Wildman–Crippen LogP) is 2.04. The number of ether oxygens (including phenoxy) is 2. The highest BCUT2D eigenvalue weighted by atomic mass is 16.6. The van der Waals surface area contributed by atoms with E-state index < -0.39 is 11.6 Å². The van der Waals surface area contributed by atoms with Gasteiger partial charge < -0.3 is 26.0 Å². The summed E-state index contributed by atoms with van der Waals surface area (Å²) in [5.41, 5.74) is 11.3. The van der Waals surface area contributed by atoms with Crippen molar-refractivity contribution in [1.82, 2.24) is 0 Å². The Hall–Kier alpha value is -3.06. The monoisotopic (exact) mass is 358 g/mol. The maximum absolute atomic E-state index is 11.9. The fourth-order valence-corrected chi connectivity index (χ4v) is 2.23. The molecular weight excluding hydrogens is 336 g/mol. The first kappa shape index (κ1) is 19.3. The van der Waals surface area contributed by atoms with Crippen LogP contribution in [0.1, 0.15) is 34.6 Å². The molecule has 0 heterocycles. The number of esters is 1.